The van der Waals surface area contributed by atoms with Crippen LogP contribution in [0.2, 0.25) is 0 Å². The number of nitrogens with one attached hydrogen (secondary N) is 2. The predicted octanol–water partition coefficient (Wildman–Crippen LogP) is 1.83. The lowest BCUT2D eigenvalue weighted by molar-refractivity contribution is 0.0522. The second kappa shape index (κ2) is 6.14. The Bertz CT molecular complexity index is 801. The van der Waals surface area contributed by atoms with Gasteiger partial charge in [0.25, 0.3) is 10.0 Å². The zero-order valence-corrected chi connectivity index (χ0v) is 12.7. The summed E-state index contributed by atoms with van der Waals surface area (Å²) in [5.74, 6) is -1.56. The number of halogens is 1. The Morgan fingerprint density at radius 1 is 1.45 bits per heavy atom. The molecular weight excluding hydrogens is 313 g/mol. The largest absolute Gasteiger partial charge is 0.462 e. The number of H-pyrrole nitrogens is 1. The first-order valence-corrected chi connectivity index (χ1v) is 7.83. The first-order valence-electron chi connectivity index (χ1n) is 6.34. The van der Waals surface area contributed by atoms with Crippen LogP contribution in [0.3, 0.4) is 0 Å². The zero-order valence-electron chi connectivity index (χ0n) is 11.9. The van der Waals surface area contributed by atoms with Gasteiger partial charge in [-0.1, -0.05) is 6.07 Å². The van der Waals surface area contributed by atoms with Crippen LogP contribution >= 0.6 is 0 Å². The number of rotatable bonds is 5. The number of aromatic nitrogens is 2. The van der Waals surface area contributed by atoms with E-state index < -0.39 is 26.8 Å². The number of benzene rings is 1. The van der Waals surface area contributed by atoms with Crippen LogP contribution in [0.4, 0.5) is 10.1 Å². The molecular formula is C13H14FN3O4S. The number of sulfonamides is 1. The fourth-order valence-electron chi connectivity index (χ4n) is 1.75. The fourth-order valence-corrected chi connectivity index (χ4v) is 2.89. The van der Waals surface area contributed by atoms with Gasteiger partial charge >= 0.3 is 5.97 Å². The van der Waals surface area contributed by atoms with Gasteiger partial charge in [-0.15, -0.1) is 0 Å². The van der Waals surface area contributed by atoms with E-state index in [1.54, 1.807) is 13.8 Å². The Hall–Kier alpha value is -2.42. The zero-order chi connectivity index (χ0) is 16.3. The molecule has 22 heavy (non-hydrogen) atoms. The smallest absolute Gasteiger partial charge is 0.342 e. The molecule has 0 aliphatic carbocycles. The first-order chi connectivity index (χ1) is 10.3. The van der Waals surface area contributed by atoms with Crippen molar-refractivity contribution in [1.29, 1.82) is 0 Å². The number of ether oxygens (including phenoxy) is 1. The predicted molar refractivity (Wildman–Crippen MR) is 76.5 cm³/mol. The van der Waals surface area contributed by atoms with Crippen molar-refractivity contribution in [2.45, 2.75) is 18.9 Å². The minimum atomic E-state index is -4.21. The summed E-state index contributed by atoms with van der Waals surface area (Å²) in [4.78, 5) is 11.7. The molecule has 9 heteroatoms. The van der Waals surface area contributed by atoms with E-state index in [-0.39, 0.29) is 17.9 Å². The summed E-state index contributed by atoms with van der Waals surface area (Å²) in [6.07, 6.45) is 1.04. The summed E-state index contributed by atoms with van der Waals surface area (Å²) in [6.45, 7) is 3.37. The molecule has 0 fully saturated rings. The number of hydrogen-bond acceptors (Lipinski definition) is 5. The van der Waals surface area contributed by atoms with Gasteiger partial charge < -0.3 is 4.74 Å². The lowest BCUT2D eigenvalue weighted by Crippen LogP contribution is -2.18. The molecule has 0 spiro atoms. The van der Waals surface area contributed by atoms with Crippen LogP contribution in [0.15, 0.2) is 29.4 Å². The van der Waals surface area contributed by atoms with Crippen molar-refractivity contribution < 1.29 is 22.3 Å². The Kier molecular flexibility index (Phi) is 4.45. The van der Waals surface area contributed by atoms with Crippen LogP contribution < -0.4 is 4.72 Å². The third-order valence-corrected chi connectivity index (χ3v) is 4.07. The van der Waals surface area contributed by atoms with E-state index in [0.29, 0.717) is 5.56 Å². The second-order valence-electron chi connectivity index (χ2n) is 4.42. The molecule has 7 nitrogen and oxygen atoms in total. The number of carbonyl (C=O) groups is 1. The number of nitrogens with zero attached hydrogens (tertiary/aromatic N) is 1. The van der Waals surface area contributed by atoms with E-state index in [1.165, 1.54) is 12.1 Å². The molecule has 0 unspecified atom stereocenters. The van der Waals surface area contributed by atoms with Crippen LogP contribution in [-0.4, -0.2) is 31.2 Å². The van der Waals surface area contributed by atoms with Crippen LogP contribution in [-0.2, 0) is 14.8 Å². The minimum absolute atomic E-state index is 0.0867. The van der Waals surface area contributed by atoms with Gasteiger partial charge in [0.15, 0.2) is 5.03 Å². The average molecular weight is 327 g/mol. The van der Waals surface area contributed by atoms with Gasteiger partial charge in [0.05, 0.1) is 18.5 Å². The maximum Gasteiger partial charge on any atom is 0.342 e. The quantitative estimate of drug-likeness (QED) is 0.816. The summed E-state index contributed by atoms with van der Waals surface area (Å²) in [5.41, 5.74) is 0.209. The van der Waals surface area contributed by atoms with E-state index >= 15 is 0 Å². The third kappa shape index (κ3) is 3.25. The Morgan fingerprint density at radius 2 is 2.18 bits per heavy atom. The van der Waals surface area contributed by atoms with Gasteiger partial charge in [0.2, 0.25) is 0 Å². The van der Waals surface area contributed by atoms with Crippen molar-refractivity contribution >= 4 is 21.7 Å². The highest BCUT2D eigenvalue weighted by atomic mass is 32.2. The van der Waals surface area contributed by atoms with Crippen molar-refractivity contribution in [3.05, 3.63) is 41.3 Å². The van der Waals surface area contributed by atoms with E-state index in [1.807, 2.05) is 0 Å². The van der Waals surface area contributed by atoms with Crippen molar-refractivity contribution in [2.75, 3.05) is 11.3 Å². The monoisotopic (exact) mass is 327 g/mol. The Morgan fingerprint density at radius 3 is 2.86 bits per heavy atom. The third-order valence-electron chi connectivity index (χ3n) is 2.73. The van der Waals surface area contributed by atoms with Crippen LogP contribution in [0.1, 0.15) is 22.8 Å². The number of hydrogen-bond donors (Lipinski definition) is 2. The summed E-state index contributed by atoms with van der Waals surface area (Å²) in [6, 6.07) is 3.99. The van der Waals surface area contributed by atoms with Gasteiger partial charge in [0.1, 0.15) is 11.4 Å². The van der Waals surface area contributed by atoms with Crippen molar-refractivity contribution in [2.24, 2.45) is 0 Å². The molecule has 1 aromatic heterocycles. The maximum atomic E-state index is 13.7. The molecule has 0 aliphatic rings. The molecule has 2 rings (SSSR count). The number of aryl methyl sites for hydroxylation is 1. The van der Waals surface area contributed by atoms with Crippen molar-refractivity contribution in [3.63, 3.8) is 0 Å². The standard InChI is InChI=1S/C13H14FN3O4S/c1-3-21-13(18)9-7-15-16-12(9)22(19,20)17-11-6-8(2)4-5-10(11)14/h4-7,17H,3H2,1-2H3,(H,15,16). The van der Waals surface area contributed by atoms with Gasteiger partial charge in [-0.3, -0.25) is 9.82 Å². The number of anilines is 1. The van der Waals surface area contributed by atoms with Crippen molar-refractivity contribution in [3.8, 4) is 0 Å². The molecule has 0 atom stereocenters. The van der Waals surface area contributed by atoms with E-state index in [2.05, 4.69) is 14.9 Å². The molecule has 0 radical (unpaired) electrons. The maximum absolute atomic E-state index is 13.7. The van der Waals surface area contributed by atoms with Gasteiger partial charge in [0, 0.05) is 0 Å². The lowest BCUT2D eigenvalue weighted by Gasteiger charge is -2.09. The van der Waals surface area contributed by atoms with E-state index in [4.69, 9.17) is 4.74 Å². The molecule has 0 saturated heterocycles. The van der Waals surface area contributed by atoms with Crippen LogP contribution in [0.5, 0.6) is 0 Å². The fraction of sp³-hybridized carbons (Fsp3) is 0.231. The molecule has 2 aromatic rings. The van der Waals surface area contributed by atoms with Gasteiger partial charge in [-0.2, -0.15) is 13.5 Å². The minimum Gasteiger partial charge on any atom is -0.462 e. The van der Waals surface area contributed by atoms with Crippen molar-refractivity contribution in [1.82, 2.24) is 10.2 Å². The molecule has 1 aromatic carbocycles. The SMILES string of the molecule is CCOC(=O)c1cn[nH]c1S(=O)(=O)Nc1cc(C)ccc1F. The average Bonchev–Trinajstić information content (AvgIpc) is 2.93. The summed E-state index contributed by atoms with van der Waals surface area (Å²) < 4.78 is 45.1. The normalized spacial score (nSPS) is 11.2. The number of aromatic amines is 1. The molecule has 0 amide bonds. The van der Waals surface area contributed by atoms with Gasteiger partial charge in [-0.25, -0.2) is 9.18 Å². The molecule has 0 saturated carbocycles. The summed E-state index contributed by atoms with van der Waals surface area (Å²) in [5, 5.41) is 5.27. The molecule has 2 N–H and O–H groups in total. The van der Waals surface area contributed by atoms with Crippen LogP contribution in [0.25, 0.3) is 0 Å². The molecule has 118 valence electrons. The number of esters is 1. The number of carbonyl (C=O) groups excluding carboxylic acids is 1. The highest BCUT2D eigenvalue weighted by molar-refractivity contribution is 7.92. The van der Waals surface area contributed by atoms with Gasteiger partial charge in [-0.05, 0) is 31.5 Å². The highest BCUT2D eigenvalue weighted by Crippen LogP contribution is 2.21. The Labute approximate surface area is 126 Å². The first kappa shape index (κ1) is 16.0. The van der Waals surface area contributed by atoms with E-state index in [9.17, 15) is 17.6 Å². The van der Waals surface area contributed by atoms with Crippen LogP contribution in [0, 0.1) is 12.7 Å². The lowest BCUT2D eigenvalue weighted by atomic mass is 10.2. The molecule has 1 heterocycles. The Balaban J connectivity index is 2.38. The topological polar surface area (TPSA) is 101 Å². The van der Waals surface area contributed by atoms with E-state index in [0.717, 1.165) is 12.3 Å². The highest BCUT2D eigenvalue weighted by Gasteiger charge is 2.26. The second-order valence-corrected chi connectivity index (χ2v) is 6.04. The molecule has 0 aliphatic heterocycles. The molecule has 0 bridgehead atoms. The summed E-state index contributed by atoms with van der Waals surface area (Å²) in [7, 11) is -4.21. The summed E-state index contributed by atoms with van der Waals surface area (Å²) >= 11 is 0.